The average Bonchev–Trinajstić information content (AvgIpc) is 2.74. The van der Waals surface area contributed by atoms with Gasteiger partial charge in [0.15, 0.2) is 5.82 Å². The van der Waals surface area contributed by atoms with Gasteiger partial charge in [-0.05, 0) is 28.4 Å². The molecule has 5 heteroatoms. The highest BCUT2D eigenvalue weighted by Crippen LogP contribution is 2.27. The van der Waals surface area contributed by atoms with E-state index in [1.807, 2.05) is 17.7 Å². The Morgan fingerprint density at radius 3 is 2.88 bits per heavy atom. The third kappa shape index (κ3) is 1.71. The molecule has 0 fully saturated rings. The maximum absolute atomic E-state index is 5.80. The molecule has 0 atom stereocenters. The molecule has 0 unspecified atom stereocenters. The van der Waals surface area contributed by atoms with Crippen LogP contribution in [0.15, 0.2) is 23.1 Å². The lowest BCUT2D eigenvalue weighted by atomic mass is 10.2. The minimum absolute atomic E-state index is 0.689. The van der Waals surface area contributed by atoms with Crippen molar-refractivity contribution in [1.82, 2.24) is 14.5 Å². The van der Waals surface area contributed by atoms with E-state index < -0.39 is 0 Å². The van der Waals surface area contributed by atoms with Gasteiger partial charge in [0.25, 0.3) is 0 Å². The van der Waals surface area contributed by atoms with E-state index in [9.17, 15) is 0 Å². The van der Waals surface area contributed by atoms with Gasteiger partial charge in [-0.1, -0.05) is 6.92 Å². The monoisotopic (exact) mass is 280 g/mol. The summed E-state index contributed by atoms with van der Waals surface area (Å²) in [5, 5.41) is 0. The number of imidazole rings is 1. The van der Waals surface area contributed by atoms with Crippen molar-refractivity contribution in [2.45, 2.75) is 20.3 Å². The van der Waals surface area contributed by atoms with Gasteiger partial charge in [-0.15, -0.1) is 0 Å². The molecular formula is C11H13BrN4. The van der Waals surface area contributed by atoms with Crippen LogP contribution in [0.1, 0.15) is 18.3 Å². The number of rotatable bonds is 2. The Bertz CT molecular complexity index is 519. The minimum Gasteiger partial charge on any atom is -0.397 e. The predicted molar refractivity (Wildman–Crippen MR) is 67.6 cm³/mol. The van der Waals surface area contributed by atoms with Gasteiger partial charge in [0, 0.05) is 18.8 Å². The molecule has 16 heavy (non-hydrogen) atoms. The van der Waals surface area contributed by atoms with Crippen molar-refractivity contribution in [2.24, 2.45) is 0 Å². The Morgan fingerprint density at radius 1 is 1.44 bits per heavy atom. The molecule has 2 aromatic heterocycles. The van der Waals surface area contributed by atoms with Crippen LogP contribution < -0.4 is 5.73 Å². The molecule has 0 aromatic carbocycles. The zero-order valence-electron chi connectivity index (χ0n) is 9.24. The van der Waals surface area contributed by atoms with Crippen molar-refractivity contribution in [3.63, 3.8) is 0 Å². The molecule has 0 radical (unpaired) electrons. The van der Waals surface area contributed by atoms with Crippen LogP contribution in [0.2, 0.25) is 0 Å². The zero-order valence-corrected chi connectivity index (χ0v) is 10.8. The third-order valence-electron chi connectivity index (χ3n) is 2.55. The summed E-state index contributed by atoms with van der Waals surface area (Å²) in [6, 6.07) is 0. The molecule has 2 N–H and O–H groups in total. The smallest absolute Gasteiger partial charge is 0.152 e. The summed E-state index contributed by atoms with van der Waals surface area (Å²) >= 11 is 3.52. The fraction of sp³-hybridized carbons (Fsp3) is 0.273. The summed E-state index contributed by atoms with van der Waals surface area (Å²) < 4.78 is 2.89. The van der Waals surface area contributed by atoms with E-state index in [0.29, 0.717) is 5.69 Å². The summed E-state index contributed by atoms with van der Waals surface area (Å²) in [7, 11) is 0. The molecule has 2 aromatic rings. The van der Waals surface area contributed by atoms with Crippen molar-refractivity contribution < 1.29 is 0 Å². The molecule has 0 spiro atoms. The molecule has 0 amide bonds. The first-order chi connectivity index (χ1) is 7.65. The highest BCUT2D eigenvalue weighted by Gasteiger charge is 2.11. The Hall–Kier alpha value is -1.36. The summed E-state index contributed by atoms with van der Waals surface area (Å²) in [5.41, 5.74) is 7.49. The summed E-state index contributed by atoms with van der Waals surface area (Å²) in [6.07, 6.45) is 6.22. The Morgan fingerprint density at radius 2 is 2.19 bits per heavy atom. The SMILES string of the molecule is CCc1nccn1-c1ncc(N)c(C)c1Br. The van der Waals surface area contributed by atoms with Gasteiger partial charge in [-0.25, -0.2) is 9.97 Å². The molecule has 2 heterocycles. The van der Waals surface area contributed by atoms with E-state index >= 15 is 0 Å². The number of hydrogen-bond acceptors (Lipinski definition) is 3. The van der Waals surface area contributed by atoms with Crippen LogP contribution in [0.5, 0.6) is 0 Å². The highest BCUT2D eigenvalue weighted by atomic mass is 79.9. The Labute approximate surface area is 103 Å². The fourth-order valence-electron chi connectivity index (χ4n) is 1.54. The van der Waals surface area contributed by atoms with Gasteiger partial charge >= 0.3 is 0 Å². The number of halogens is 1. The van der Waals surface area contributed by atoms with Gasteiger partial charge in [-0.2, -0.15) is 0 Å². The van der Waals surface area contributed by atoms with E-state index in [1.54, 1.807) is 12.4 Å². The van der Waals surface area contributed by atoms with Crippen molar-refractivity contribution in [2.75, 3.05) is 5.73 Å². The van der Waals surface area contributed by atoms with Crippen LogP contribution in [0.3, 0.4) is 0 Å². The molecule has 84 valence electrons. The Balaban J connectivity index is 2.61. The highest BCUT2D eigenvalue weighted by molar-refractivity contribution is 9.10. The number of nitrogen functional groups attached to an aromatic ring is 1. The lowest BCUT2D eigenvalue weighted by Crippen LogP contribution is -2.05. The molecule has 0 aliphatic heterocycles. The first-order valence-electron chi connectivity index (χ1n) is 5.08. The lowest BCUT2D eigenvalue weighted by molar-refractivity contribution is 0.862. The van der Waals surface area contributed by atoms with Crippen molar-refractivity contribution in [3.05, 3.63) is 34.5 Å². The standard InChI is InChI=1S/C11H13BrN4/c1-3-9-14-4-5-16(9)11-10(12)7(2)8(13)6-15-11/h4-6H,3,13H2,1-2H3. The largest absolute Gasteiger partial charge is 0.397 e. The van der Waals surface area contributed by atoms with E-state index in [-0.39, 0.29) is 0 Å². The van der Waals surface area contributed by atoms with Crippen molar-refractivity contribution in [1.29, 1.82) is 0 Å². The molecule has 2 rings (SSSR count). The number of hydrogen-bond donors (Lipinski definition) is 1. The van der Waals surface area contributed by atoms with Gasteiger partial charge < -0.3 is 5.73 Å². The maximum atomic E-state index is 5.80. The van der Waals surface area contributed by atoms with Crippen molar-refractivity contribution >= 4 is 21.6 Å². The molecule has 0 saturated carbocycles. The van der Waals surface area contributed by atoms with Crippen molar-refractivity contribution in [3.8, 4) is 5.82 Å². The number of nitrogens with zero attached hydrogens (tertiary/aromatic N) is 3. The molecule has 0 saturated heterocycles. The Kier molecular flexibility index (Phi) is 2.96. The van der Waals surface area contributed by atoms with E-state index in [4.69, 9.17) is 5.73 Å². The molecule has 4 nitrogen and oxygen atoms in total. The number of aromatic nitrogens is 3. The van der Waals surface area contributed by atoms with E-state index in [1.165, 1.54) is 0 Å². The second kappa shape index (κ2) is 4.25. The molecule has 0 aliphatic carbocycles. The number of nitrogens with two attached hydrogens (primary N) is 1. The number of pyridine rings is 1. The molecular weight excluding hydrogens is 268 g/mol. The van der Waals surface area contributed by atoms with Crippen LogP contribution in [-0.2, 0) is 6.42 Å². The van der Waals surface area contributed by atoms with Gasteiger partial charge in [0.1, 0.15) is 5.82 Å². The summed E-state index contributed by atoms with van der Waals surface area (Å²) in [4.78, 5) is 8.62. The van der Waals surface area contributed by atoms with E-state index in [2.05, 4.69) is 32.8 Å². The fourth-order valence-corrected chi connectivity index (χ4v) is 2.06. The quantitative estimate of drug-likeness (QED) is 0.920. The summed E-state index contributed by atoms with van der Waals surface area (Å²) in [5.74, 6) is 1.82. The molecule has 0 aliphatic rings. The van der Waals surface area contributed by atoms with Gasteiger partial charge in [0.05, 0.1) is 16.4 Å². The van der Waals surface area contributed by atoms with Crippen LogP contribution >= 0.6 is 15.9 Å². The first kappa shape index (κ1) is 11.1. The zero-order chi connectivity index (χ0) is 11.7. The first-order valence-corrected chi connectivity index (χ1v) is 5.87. The topological polar surface area (TPSA) is 56.7 Å². The maximum Gasteiger partial charge on any atom is 0.152 e. The number of aryl methyl sites for hydroxylation is 1. The molecule has 0 bridgehead atoms. The minimum atomic E-state index is 0.689. The lowest BCUT2D eigenvalue weighted by Gasteiger charge is -2.10. The predicted octanol–water partition coefficient (Wildman–Crippen LogP) is 2.48. The van der Waals surface area contributed by atoms with Crippen LogP contribution in [-0.4, -0.2) is 14.5 Å². The van der Waals surface area contributed by atoms with Crippen LogP contribution in [0, 0.1) is 6.92 Å². The van der Waals surface area contributed by atoms with Crippen LogP contribution in [0.4, 0.5) is 5.69 Å². The normalized spacial score (nSPS) is 10.7. The van der Waals surface area contributed by atoms with Gasteiger partial charge in [-0.3, -0.25) is 4.57 Å². The second-order valence-corrected chi connectivity index (χ2v) is 4.34. The summed E-state index contributed by atoms with van der Waals surface area (Å²) in [6.45, 7) is 4.03. The third-order valence-corrected chi connectivity index (χ3v) is 3.50. The second-order valence-electron chi connectivity index (χ2n) is 3.54. The van der Waals surface area contributed by atoms with E-state index in [0.717, 1.165) is 28.1 Å². The van der Waals surface area contributed by atoms with Crippen LogP contribution in [0.25, 0.3) is 5.82 Å². The van der Waals surface area contributed by atoms with Gasteiger partial charge in [0.2, 0.25) is 0 Å². The average molecular weight is 281 g/mol. The number of anilines is 1.